The maximum atomic E-state index is 12.8. The van der Waals surface area contributed by atoms with Crippen molar-refractivity contribution >= 4 is 5.91 Å². The third kappa shape index (κ3) is 18.4. The Labute approximate surface area is 207 Å². The molecule has 0 aromatic carbocycles. The summed E-state index contributed by atoms with van der Waals surface area (Å²) in [4.78, 5) is 17.0. The zero-order chi connectivity index (χ0) is 24.7. The van der Waals surface area contributed by atoms with E-state index in [4.69, 9.17) is 9.47 Å². The first kappa shape index (κ1) is 32.4. The molecule has 198 valence electrons. The van der Waals surface area contributed by atoms with E-state index in [1.165, 1.54) is 77.0 Å². The minimum Gasteiger partial charge on any atom is -0.383 e. The molecule has 5 heteroatoms. The van der Waals surface area contributed by atoms with E-state index < -0.39 is 0 Å². The number of ether oxygens (including phenoxy) is 2. The van der Waals surface area contributed by atoms with Gasteiger partial charge in [0.2, 0.25) is 5.91 Å². The molecule has 0 aliphatic carbocycles. The van der Waals surface area contributed by atoms with Crippen LogP contribution in [0.3, 0.4) is 0 Å². The number of methoxy groups -OCH3 is 1. The van der Waals surface area contributed by atoms with Crippen molar-refractivity contribution in [2.24, 2.45) is 5.92 Å². The van der Waals surface area contributed by atoms with E-state index in [9.17, 15) is 4.79 Å². The number of amides is 1. The van der Waals surface area contributed by atoms with Crippen LogP contribution >= 0.6 is 0 Å². The van der Waals surface area contributed by atoms with Crippen molar-refractivity contribution in [3.63, 3.8) is 0 Å². The van der Waals surface area contributed by atoms with Gasteiger partial charge in [0.05, 0.1) is 13.2 Å². The Bertz CT molecular complexity index is 433. The SMILES string of the molecule is CCCCCCCCC(CCCCCC)COCCN(CCOC)C(=O)CC(C)N(C)CC. The molecule has 0 radical (unpaired) electrons. The summed E-state index contributed by atoms with van der Waals surface area (Å²) in [5.41, 5.74) is 0. The number of hydrogen-bond acceptors (Lipinski definition) is 4. The molecule has 0 heterocycles. The standard InChI is InChI=1S/C28H58N2O3/c1-7-10-12-14-15-17-19-27(18-16-13-11-8-2)25-33-23-21-30(20-22-32-6)28(31)24-26(4)29(5)9-3/h26-27H,7-25H2,1-6H3. The third-order valence-corrected chi connectivity index (χ3v) is 6.93. The van der Waals surface area contributed by atoms with Crippen LogP contribution in [-0.2, 0) is 14.3 Å². The molecule has 2 atom stereocenters. The highest BCUT2D eigenvalue weighted by Crippen LogP contribution is 2.19. The Kier molecular flexibility index (Phi) is 22.7. The molecular weight excluding hydrogens is 412 g/mol. The van der Waals surface area contributed by atoms with E-state index in [0.717, 1.165) is 13.2 Å². The van der Waals surface area contributed by atoms with E-state index in [0.29, 0.717) is 38.6 Å². The number of carbonyl (C=O) groups excluding carboxylic acids is 1. The quantitative estimate of drug-likeness (QED) is 0.150. The van der Waals surface area contributed by atoms with Crippen molar-refractivity contribution in [3.8, 4) is 0 Å². The first-order valence-corrected chi connectivity index (χ1v) is 14.0. The molecule has 5 nitrogen and oxygen atoms in total. The molecule has 2 unspecified atom stereocenters. The number of rotatable bonds is 24. The zero-order valence-corrected chi connectivity index (χ0v) is 23.2. The minimum atomic E-state index is 0.201. The fourth-order valence-corrected chi connectivity index (χ4v) is 4.22. The second kappa shape index (κ2) is 23.1. The molecule has 0 N–H and O–H groups in total. The molecule has 0 aliphatic rings. The van der Waals surface area contributed by atoms with Gasteiger partial charge in [-0.05, 0) is 39.3 Å². The number of carbonyl (C=O) groups is 1. The van der Waals surface area contributed by atoms with Crippen LogP contribution in [0.15, 0.2) is 0 Å². The van der Waals surface area contributed by atoms with Crippen LogP contribution in [0.5, 0.6) is 0 Å². The fourth-order valence-electron chi connectivity index (χ4n) is 4.22. The number of hydrogen-bond donors (Lipinski definition) is 0. The van der Waals surface area contributed by atoms with Crippen LogP contribution in [0.25, 0.3) is 0 Å². The average molecular weight is 471 g/mol. The van der Waals surface area contributed by atoms with Gasteiger partial charge in [-0.3, -0.25) is 4.79 Å². The Balaban J connectivity index is 4.47. The van der Waals surface area contributed by atoms with Crippen LogP contribution in [-0.4, -0.2) is 75.4 Å². The van der Waals surface area contributed by atoms with Crippen molar-refractivity contribution in [3.05, 3.63) is 0 Å². The van der Waals surface area contributed by atoms with E-state index >= 15 is 0 Å². The van der Waals surface area contributed by atoms with Gasteiger partial charge >= 0.3 is 0 Å². The first-order valence-electron chi connectivity index (χ1n) is 14.0. The summed E-state index contributed by atoms with van der Waals surface area (Å²) in [5.74, 6) is 0.862. The van der Waals surface area contributed by atoms with Crippen LogP contribution in [0.2, 0.25) is 0 Å². The van der Waals surface area contributed by atoms with Gasteiger partial charge in [-0.1, -0.05) is 85.0 Å². The fraction of sp³-hybridized carbons (Fsp3) is 0.964. The lowest BCUT2D eigenvalue weighted by atomic mass is 9.95. The number of nitrogens with zero attached hydrogens (tertiary/aromatic N) is 2. The zero-order valence-electron chi connectivity index (χ0n) is 23.2. The Morgan fingerprint density at radius 2 is 1.36 bits per heavy atom. The van der Waals surface area contributed by atoms with E-state index in [1.807, 2.05) is 4.90 Å². The maximum Gasteiger partial charge on any atom is 0.224 e. The van der Waals surface area contributed by atoms with Crippen molar-refractivity contribution in [1.29, 1.82) is 0 Å². The lowest BCUT2D eigenvalue weighted by molar-refractivity contribution is -0.133. The summed E-state index contributed by atoms with van der Waals surface area (Å²) >= 11 is 0. The van der Waals surface area contributed by atoms with Crippen molar-refractivity contribution in [2.45, 2.75) is 117 Å². The molecule has 33 heavy (non-hydrogen) atoms. The molecule has 0 aromatic rings. The van der Waals surface area contributed by atoms with Crippen molar-refractivity contribution in [1.82, 2.24) is 9.80 Å². The molecule has 1 amide bonds. The Morgan fingerprint density at radius 1 is 0.818 bits per heavy atom. The summed E-state index contributed by atoms with van der Waals surface area (Å²) in [5, 5.41) is 0. The van der Waals surface area contributed by atoms with Gasteiger partial charge in [0.15, 0.2) is 0 Å². The molecule has 0 rings (SSSR count). The second-order valence-corrected chi connectivity index (χ2v) is 9.85. The molecule has 0 saturated carbocycles. The molecule has 0 aliphatic heterocycles. The van der Waals surface area contributed by atoms with Crippen LogP contribution in [0.4, 0.5) is 0 Å². The summed E-state index contributed by atoms with van der Waals surface area (Å²) in [6.07, 6.45) is 16.5. The lowest BCUT2D eigenvalue weighted by Gasteiger charge is -2.27. The smallest absolute Gasteiger partial charge is 0.224 e. The highest BCUT2D eigenvalue weighted by molar-refractivity contribution is 5.76. The Morgan fingerprint density at radius 3 is 1.94 bits per heavy atom. The van der Waals surface area contributed by atoms with Crippen molar-refractivity contribution < 1.29 is 14.3 Å². The lowest BCUT2D eigenvalue weighted by Crippen LogP contribution is -2.41. The molecular formula is C28H58N2O3. The molecule has 0 saturated heterocycles. The minimum absolute atomic E-state index is 0.201. The predicted octanol–water partition coefficient (Wildman–Crippen LogP) is 6.55. The monoisotopic (exact) mass is 470 g/mol. The molecule has 0 fully saturated rings. The van der Waals surface area contributed by atoms with Gasteiger partial charge in [0.25, 0.3) is 0 Å². The molecule has 0 bridgehead atoms. The van der Waals surface area contributed by atoms with Gasteiger partial charge in [-0.15, -0.1) is 0 Å². The Hall–Kier alpha value is -0.650. The number of unbranched alkanes of at least 4 members (excludes halogenated alkanes) is 8. The van der Waals surface area contributed by atoms with Gasteiger partial charge in [0.1, 0.15) is 0 Å². The summed E-state index contributed by atoms with van der Waals surface area (Å²) in [6, 6.07) is 0.248. The summed E-state index contributed by atoms with van der Waals surface area (Å²) in [7, 11) is 3.77. The topological polar surface area (TPSA) is 42.0 Å². The first-order chi connectivity index (χ1) is 16.0. The second-order valence-electron chi connectivity index (χ2n) is 9.85. The highest BCUT2D eigenvalue weighted by Gasteiger charge is 2.19. The maximum absolute atomic E-state index is 12.8. The average Bonchev–Trinajstić information content (AvgIpc) is 2.82. The van der Waals surface area contributed by atoms with Gasteiger partial charge in [-0.25, -0.2) is 0 Å². The largest absolute Gasteiger partial charge is 0.383 e. The van der Waals surface area contributed by atoms with Crippen LogP contribution in [0.1, 0.15) is 111 Å². The van der Waals surface area contributed by atoms with Gasteiger partial charge < -0.3 is 19.3 Å². The van der Waals surface area contributed by atoms with Crippen LogP contribution in [0, 0.1) is 5.92 Å². The molecule has 0 aromatic heterocycles. The van der Waals surface area contributed by atoms with Crippen molar-refractivity contribution in [2.75, 3.05) is 53.6 Å². The van der Waals surface area contributed by atoms with Crippen LogP contribution < -0.4 is 0 Å². The third-order valence-electron chi connectivity index (χ3n) is 6.93. The summed E-state index contributed by atoms with van der Waals surface area (Å²) < 4.78 is 11.4. The van der Waals surface area contributed by atoms with E-state index in [-0.39, 0.29) is 11.9 Å². The normalized spacial score (nSPS) is 13.4. The predicted molar refractivity (Wildman–Crippen MR) is 142 cm³/mol. The molecule has 0 spiro atoms. The highest BCUT2D eigenvalue weighted by atomic mass is 16.5. The van der Waals surface area contributed by atoms with Gasteiger partial charge in [-0.2, -0.15) is 0 Å². The van der Waals surface area contributed by atoms with Gasteiger partial charge in [0, 0.05) is 39.3 Å². The van der Waals surface area contributed by atoms with E-state index in [2.05, 4.69) is 39.6 Å². The van der Waals surface area contributed by atoms with E-state index in [1.54, 1.807) is 7.11 Å². The summed E-state index contributed by atoms with van der Waals surface area (Å²) in [6.45, 7) is 13.1.